The minimum Gasteiger partial charge on any atom is -0.469 e. The number of esters is 1. The number of ether oxygens (including phenoxy) is 1. The fourth-order valence-corrected chi connectivity index (χ4v) is 8.24. The van der Waals surface area contributed by atoms with Gasteiger partial charge in [0, 0.05) is 12.3 Å². The van der Waals surface area contributed by atoms with Crippen LogP contribution < -0.4 is 0 Å². The highest BCUT2D eigenvalue weighted by Crippen LogP contribution is 2.67. The maximum Gasteiger partial charge on any atom is 0.305 e. The SMILES string of the molecule is C.C/C=C1/C(=O)C2C3CCC(CCC(=O)OC)C3(C)CCC2C2(C)CCCCC12.CC.CC. The van der Waals surface area contributed by atoms with Crippen LogP contribution in [0.15, 0.2) is 11.6 Å². The highest BCUT2D eigenvalue weighted by molar-refractivity contribution is 5.99. The third kappa shape index (κ3) is 5.13. The third-order valence-corrected chi connectivity index (χ3v) is 9.77. The standard InChI is InChI=1S/C25H38O3.2C2H6.CH4/c1-5-17-18-8-6-7-14-25(18,3)20-13-15-24(2)16(10-12-21(26)28-4)9-11-19(24)22(20)23(17)27;2*1-2;/h5,16,18-20,22H,6-15H2,1-4H3;2*1-2H3;1H4/b17-5+;;;. The molecule has 4 fully saturated rings. The van der Waals surface area contributed by atoms with Gasteiger partial charge in [0.15, 0.2) is 5.78 Å². The number of hydrogen-bond acceptors (Lipinski definition) is 3. The van der Waals surface area contributed by atoms with Crippen molar-refractivity contribution in [3.8, 4) is 0 Å². The van der Waals surface area contributed by atoms with E-state index in [-0.39, 0.29) is 24.7 Å². The fourth-order valence-electron chi connectivity index (χ4n) is 8.24. The summed E-state index contributed by atoms with van der Waals surface area (Å²) in [5, 5.41) is 0. The van der Waals surface area contributed by atoms with Gasteiger partial charge in [-0.05, 0) is 91.9 Å². The first-order valence-electron chi connectivity index (χ1n) is 13.6. The van der Waals surface area contributed by atoms with Crippen LogP contribution in [0.5, 0.6) is 0 Å². The van der Waals surface area contributed by atoms with Gasteiger partial charge >= 0.3 is 5.97 Å². The summed E-state index contributed by atoms with van der Waals surface area (Å²) in [5.74, 6) is 2.71. The minimum absolute atomic E-state index is 0. The van der Waals surface area contributed by atoms with Crippen molar-refractivity contribution in [3.05, 3.63) is 11.6 Å². The van der Waals surface area contributed by atoms with E-state index in [1.165, 1.54) is 52.1 Å². The monoisotopic (exact) mass is 462 g/mol. The molecule has 4 rings (SSSR count). The molecule has 4 saturated carbocycles. The van der Waals surface area contributed by atoms with Crippen LogP contribution in [0.25, 0.3) is 0 Å². The van der Waals surface area contributed by atoms with Crippen LogP contribution in [0, 0.1) is 40.4 Å². The second-order valence-electron chi connectivity index (χ2n) is 10.6. The van der Waals surface area contributed by atoms with Crippen molar-refractivity contribution >= 4 is 11.8 Å². The Hall–Kier alpha value is -1.12. The van der Waals surface area contributed by atoms with E-state index in [0.29, 0.717) is 41.3 Å². The number of ketones is 1. The fraction of sp³-hybridized carbons (Fsp3) is 0.867. The quantitative estimate of drug-likeness (QED) is 0.312. The molecule has 0 radical (unpaired) electrons. The molecular weight excluding hydrogens is 408 g/mol. The van der Waals surface area contributed by atoms with E-state index in [9.17, 15) is 9.59 Å². The Morgan fingerprint density at radius 2 is 1.61 bits per heavy atom. The summed E-state index contributed by atoms with van der Waals surface area (Å²) >= 11 is 0. The molecule has 7 unspecified atom stereocenters. The highest BCUT2D eigenvalue weighted by Gasteiger charge is 2.63. The molecule has 4 aliphatic rings. The largest absolute Gasteiger partial charge is 0.469 e. The van der Waals surface area contributed by atoms with Crippen molar-refractivity contribution < 1.29 is 14.3 Å². The number of hydrogen-bond donors (Lipinski definition) is 0. The zero-order valence-electron chi connectivity index (χ0n) is 22.3. The Morgan fingerprint density at radius 3 is 2.21 bits per heavy atom. The summed E-state index contributed by atoms with van der Waals surface area (Å²) in [7, 11) is 1.48. The zero-order valence-corrected chi connectivity index (χ0v) is 22.3. The van der Waals surface area contributed by atoms with Gasteiger partial charge in [0.2, 0.25) is 0 Å². The van der Waals surface area contributed by atoms with Crippen LogP contribution >= 0.6 is 0 Å². The lowest BCUT2D eigenvalue weighted by Crippen LogP contribution is -2.57. The number of carbonyl (C=O) groups is 2. The van der Waals surface area contributed by atoms with E-state index in [0.717, 1.165) is 18.4 Å². The van der Waals surface area contributed by atoms with Gasteiger partial charge in [-0.3, -0.25) is 9.59 Å². The molecule has 0 aromatic heterocycles. The van der Waals surface area contributed by atoms with Crippen molar-refractivity contribution in [1.82, 2.24) is 0 Å². The van der Waals surface area contributed by atoms with E-state index in [2.05, 4.69) is 26.8 Å². The Morgan fingerprint density at radius 1 is 0.970 bits per heavy atom. The molecule has 0 N–H and O–H groups in total. The van der Waals surface area contributed by atoms with Gasteiger partial charge in [-0.25, -0.2) is 0 Å². The van der Waals surface area contributed by atoms with Crippen LogP contribution in [0.3, 0.4) is 0 Å². The smallest absolute Gasteiger partial charge is 0.305 e. The Balaban J connectivity index is 0.00000103. The minimum atomic E-state index is -0.0942. The molecule has 0 saturated heterocycles. The number of Topliss-reactive ketones (excluding diaryl/α,β-unsaturated/α-hetero) is 1. The lowest BCUT2D eigenvalue weighted by atomic mass is 9.43. The molecule has 3 nitrogen and oxygen atoms in total. The number of methoxy groups -OCH3 is 1. The zero-order chi connectivity index (χ0) is 24.1. The maximum absolute atomic E-state index is 13.7. The van der Waals surface area contributed by atoms with Crippen molar-refractivity contribution in [3.63, 3.8) is 0 Å². The van der Waals surface area contributed by atoms with Gasteiger partial charge in [-0.15, -0.1) is 0 Å². The number of rotatable bonds is 3. The van der Waals surface area contributed by atoms with E-state index < -0.39 is 0 Å². The Bertz CT molecular complexity index is 680. The number of fused-ring (bicyclic) bond motifs is 5. The number of allylic oxidation sites excluding steroid dienone is 2. The molecule has 3 heteroatoms. The van der Waals surface area contributed by atoms with E-state index >= 15 is 0 Å². The molecule has 0 aromatic rings. The van der Waals surface area contributed by atoms with Crippen molar-refractivity contribution in [1.29, 1.82) is 0 Å². The van der Waals surface area contributed by atoms with Crippen LogP contribution in [-0.4, -0.2) is 18.9 Å². The van der Waals surface area contributed by atoms with Crippen molar-refractivity contribution in [2.24, 2.45) is 40.4 Å². The van der Waals surface area contributed by atoms with Crippen LogP contribution in [-0.2, 0) is 14.3 Å². The van der Waals surface area contributed by atoms with E-state index in [1.54, 1.807) is 0 Å². The van der Waals surface area contributed by atoms with Crippen molar-refractivity contribution in [2.75, 3.05) is 7.11 Å². The van der Waals surface area contributed by atoms with Crippen molar-refractivity contribution in [2.45, 2.75) is 120 Å². The van der Waals surface area contributed by atoms with E-state index in [4.69, 9.17) is 4.74 Å². The molecule has 0 aliphatic heterocycles. The third-order valence-electron chi connectivity index (χ3n) is 9.77. The normalized spacial score (nSPS) is 39.9. The predicted octanol–water partition coefficient (Wildman–Crippen LogP) is 8.41. The second kappa shape index (κ2) is 12.5. The average molecular weight is 463 g/mol. The summed E-state index contributed by atoms with van der Waals surface area (Å²) in [6.07, 6.45) is 13.4. The second-order valence-corrected chi connectivity index (χ2v) is 10.6. The van der Waals surface area contributed by atoms with Gasteiger partial charge in [0.05, 0.1) is 7.11 Å². The Kier molecular flexibility index (Phi) is 11.4. The topological polar surface area (TPSA) is 43.4 Å². The summed E-state index contributed by atoms with van der Waals surface area (Å²) < 4.78 is 4.88. The molecule has 4 aliphatic carbocycles. The van der Waals surface area contributed by atoms with Crippen LogP contribution in [0.4, 0.5) is 0 Å². The molecular formula is C30H54O3. The van der Waals surface area contributed by atoms with Gasteiger partial charge < -0.3 is 4.74 Å². The Labute approximate surface area is 205 Å². The average Bonchev–Trinajstić information content (AvgIpc) is 3.16. The molecule has 0 heterocycles. The van der Waals surface area contributed by atoms with Gasteiger partial charge in [0.25, 0.3) is 0 Å². The first-order chi connectivity index (χ1) is 15.4. The maximum atomic E-state index is 13.7. The number of carbonyl (C=O) groups excluding carboxylic acids is 2. The molecule has 192 valence electrons. The first-order valence-corrected chi connectivity index (χ1v) is 13.6. The van der Waals surface area contributed by atoms with Crippen LogP contribution in [0.2, 0.25) is 0 Å². The van der Waals surface area contributed by atoms with Crippen LogP contribution in [0.1, 0.15) is 120 Å². The summed E-state index contributed by atoms with van der Waals surface area (Å²) in [4.78, 5) is 25.5. The predicted molar refractivity (Wildman–Crippen MR) is 140 cm³/mol. The first kappa shape index (κ1) is 29.9. The lowest BCUT2D eigenvalue weighted by molar-refractivity contribution is -0.147. The molecule has 33 heavy (non-hydrogen) atoms. The molecule has 7 atom stereocenters. The molecule has 0 amide bonds. The molecule has 0 spiro atoms. The van der Waals surface area contributed by atoms with Gasteiger partial charge in [0.1, 0.15) is 0 Å². The molecule has 0 bridgehead atoms. The van der Waals surface area contributed by atoms with Gasteiger partial charge in [-0.1, -0.05) is 67.9 Å². The summed E-state index contributed by atoms with van der Waals surface area (Å²) in [6.45, 7) is 15.0. The highest BCUT2D eigenvalue weighted by atomic mass is 16.5. The summed E-state index contributed by atoms with van der Waals surface area (Å²) in [6, 6.07) is 0. The lowest BCUT2D eigenvalue weighted by Gasteiger charge is -2.60. The van der Waals surface area contributed by atoms with Gasteiger partial charge in [-0.2, -0.15) is 0 Å². The summed E-state index contributed by atoms with van der Waals surface area (Å²) in [5.41, 5.74) is 1.68. The van der Waals surface area contributed by atoms with E-state index in [1.807, 2.05) is 27.7 Å². The molecule has 0 aromatic carbocycles.